The van der Waals surface area contributed by atoms with E-state index in [1.165, 1.54) is 11.8 Å². The van der Waals surface area contributed by atoms with Gasteiger partial charge in [-0.3, -0.25) is 0 Å². The van der Waals surface area contributed by atoms with E-state index in [-0.39, 0.29) is 11.3 Å². The maximum Gasteiger partial charge on any atom is 0.151 e. The first kappa shape index (κ1) is 14.5. The fraction of sp³-hybridized carbons (Fsp3) is 0.600. The molecule has 1 fully saturated rings. The Kier molecular flexibility index (Phi) is 4.63. The van der Waals surface area contributed by atoms with Gasteiger partial charge in [0.1, 0.15) is 0 Å². The molecule has 1 saturated carbocycles. The zero-order chi connectivity index (χ0) is 13.9. The minimum Gasteiger partial charge on any atom is -0.313 e. The van der Waals surface area contributed by atoms with Crippen molar-refractivity contribution in [2.75, 3.05) is 12.8 Å². The Labute approximate surface area is 116 Å². The summed E-state index contributed by atoms with van der Waals surface area (Å²) in [5, 5.41) is 3.08. The zero-order valence-corrected chi connectivity index (χ0v) is 12.5. The molecule has 3 nitrogen and oxygen atoms in total. The van der Waals surface area contributed by atoms with Crippen molar-refractivity contribution in [1.82, 2.24) is 5.32 Å². The number of nitrogens with one attached hydrogen (secondary N) is 1. The summed E-state index contributed by atoms with van der Waals surface area (Å²) in [6.45, 7) is 2.86. The lowest BCUT2D eigenvalue weighted by molar-refractivity contribution is 0.347. The summed E-state index contributed by atoms with van der Waals surface area (Å²) in [4.78, 5) is 0. The van der Waals surface area contributed by atoms with Crippen molar-refractivity contribution in [3.05, 3.63) is 35.9 Å². The van der Waals surface area contributed by atoms with Gasteiger partial charge in [-0.05, 0) is 37.3 Å². The van der Waals surface area contributed by atoms with Crippen molar-refractivity contribution in [2.45, 2.75) is 43.4 Å². The molecule has 3 unspecified atom stereocenters. The van der Waals surface area contributed by atoms with E-state index in [9.17, 15) is 8.42 Å². The quantitative estimate of drug-likeness (QED) is 0.921. The number of sulfone groups is 1. The van der Waals surface area contributed by atoms with Crippen LogP contribution in [0, 0.1) is 0 Å². The molecule has 0 saturated heterocycles. The molecule has 106 valence electrons. The summed E-state index contributed by atoms with van der Waals surface area (Å²) in [6.07, 6.45) is 4.11. The summed E-state index contributed by atoms with van der Waals surface area (Å²) >= 11 is 0. The number of hydrogen-bond donors (Lipinski definition) is 1. The van der Waals surface area contributed by atoms with E-state index in [1.54, 1.807) is 0 Å². The topological polar surface area (TPSA) is 46.2 Å². The van der Waals surface area contributed by atoms with E-state index in [0.29, 0.717) is 5.92 Å². The molecular formula is C15H23NO2S. The molecule has 0 amide bonds. The lowest BCUT2D eigenvalue weighted by Crippen LogP contribution is -2.47. The molecule has 19 heavy (non-hydrogen) atoms. The Morgan fingerprint density at radius 2 is 1.89 bits per heavy atom. The van der Waals surface area contributed by atoms with Crippen molar-refractivity contribution in [3.8, 4) is 0 Å². The van der Waals surface area contributed by atoms with Crippen LogP contribution in [0.3, 0.4) is 0 Å². The molecule has 1 N–H and O–H groups in total. The smallest absolute Gasteiger partial charge is 0.151 e. The Balaban J connectivity index is 2.18. The van der Waals surface area contributed by atoms with Crippen LogP contribution in [0.25, 0.3) is 0 Å². The van der Waals surface area contributed by atoms with Crippen molar-refractivity contribution < 1.29 is 8.42 Å². The lowest BCUT2D eigenvalue weighted by atomic mass is 9.81. The highest BCUT2D eigenvalue weighted by Crippen LogP contribution is 2.35. The lowest BCUT2D eigenvalue weighted by Gasteiger charge is -2.35. The van der Waals surface area contributed by atoms with Crippen molar-refractivity contribution in [1.29, 1.82) is 0 Å². The average Bonchev–Trinajstić information content (AvgIpc) is 2.39. The van der Waals surface area contributed by atoms with Crippen LogP contribution in [0.5, 0.6) is 0 Å². The van der Waals surface area contributed by atoms with Crippen LogP contribution >= 0.6 is 0 Å². The highest BCUT2D eigenvalue weighted by atomic mass is 32.2. The van der Waals surface area contributed by atoms with E-state index in [0.717, 1.165) is 25.8 Å². The molecule has 0 heterocycles. The van der Waals surface area contributed by atoms with E-state index in [2.05, 4.69) is 17.4 Å². The van der Waals surface area contributed by atoms with Crippen molar-refractivity contribution in [2.24, 2.45) is 0 Å². The Bertz CT molecular complexity index is 498. The van der Waals surface area contributed by atoms with Crippen molar-refractivity contribution >= 4 is 9.84 Å². The van der Waals surface area contributed by atoms with Crippen LogP contribution in [-0.4, -0.2) is 32.5 Å². The van der Waals surface area contributed by atoms with Crippen molar-refractivity contribution in [3.63, 3.8) is 0 Å². The predicted molar refractivity (Wildman–Crippen MR) is 79.1 cm³/mol. The largest absolute Gasteiger partial charge is 0.313 e. The fourth-order valence-electron chi connectivity index (χ4n) is 3.13. The monoisotopic (exact) mass is 281 g/mol. The third kappa shape index (κ3) is 3.57. The molecule has 0 aromatic heterocycles. The first-order chi connectivity index (χ1) is 9.02. The summed E-state index contributed by atoms with van der Waals surface area (Å²) in [5.41, 5.74) is 1.27. The second-order valence-corrected chi connectivity index (χ2v) is 7.72. The maximum absolute atomic E-state index is 12.0. The molecule has 0 radical (unpaired) electrons. The van der Waals surface area contributed by atoms with Gasteiger partial charge < -0.3 is 5.32 Å². The third-order valence-electron chi connectivity index (χ3n) is 4.08. The van der Waals surface area contributed by atoms with Crippen LogP contribution in [0.2, 0.25) is 0 Å². The zero-order valence-electron chi connectivity index (χ0n) is 11.7. The fourth-order valence-corrected chi connectivity index (χ4v) is 4.54. The molecule has 2 rings (SSSR count). The van der Waals surface area contributed by atoms with Gasteiger partial charge in [0.2, 0.25) is 0 Å². The molecule has 0 aliphatic heterocycles. The normalized spacial score (nSPS) is 28.2. The second-order valence-electron chi connectivity index (χ2n) is 5.45. The molecule has 1 aliphatic carbocycles. The van der Waals surface area contributed by atoms with Gasteiger partial charge in [0, 0.05) is 12.3 Å². The van der Waals surface area contributed by atoms with E-state index < -0.39 is 9.84 Å². The minimum absolute atomic E-state index is 0.111. The van der Waals surface area contributed by atoms with E-state index in [1.807, 2.05) is 25.1 Å². The molecule has 0 spiro atoms. The highest BCUT2D eigenvalue weighted by molar-refractivity contribution is 7.91. The summed E-state index contributed by atoms with van der Waals surface area (Å²) in [6, 6.07) is 10.4. The Morgan fingerprint density at radius 1 is 1.21 bits per heavy atom. The summed E-state index contributed by atoms with van der Waals surface area (Å²) in [5.74, 6) is 0.371. The number of rotatable bonds is 4. The Morgan fingerprint density at radius 3 is 2.47 bits per heavy atom. The highest BCUT2D eigenvalue weighted by Gasteiger charge is 2.36. The van der Waals surface area contributed by atoms with Gasteiger partial charge in [-0.2, -0.15) is 0 Å². The number of benzene rings is 1. The second kappa shape index (κ2) is 6.06. The standard InChI is InChI=1S/C15H23NO2S/c1-3-16-14-10-9-13(11-15(14)19(2,17)18)12-7-5-4-6-8-12/h4-8,13-16H,3,9-11H2,1-2H3. The molecular weight excluding hydrogens is 258 g/mol. The molecule has 1 aliphatic rings. The van der Waals surface area contributed by atoms with Crippen LogP contribution in [-0.2, 0) is 9.84 Å². The third-order valence-corrected chi connectivity index (χ3v) is 5.70. The van der Waals surface area contributed by atoms with Crippen LogP contribution in [0.15, 0.2) is 30.3 Å². The molecule has 0 bridgehead atoms. The minimum atomic E-state index is -3.00. The van der Waals surface area contributed by atoms with E-state index >= 15 is 0 Å². The SMILES string of the molecule is CCNC1CCC(c2ccccc2)CC1S(C)(=O)=O. The average molecular weight is 281 g/mol. The van der Waals surface area contributed by atoms with Gasteiger partial charge >= 0.3 is 0 Å². The Hall–Kier alpha value is -0.870. The van der Waals surface area contributed by atoms with Gasteiger partial charge in [-0.15, -0.1) is 0 Å². The molecule has 1 aromatic rings. The number of hydrogen-bond acceptors (Lipinski definition) is 3. The van der Waals surface area contributed by atoms with Gasteiger partial charge in [-0.25, -0.2) is 8.42 Å². The first-order valence-corrected chi connectivity index (χ1v) is 8.95. The van der Waals surface area contributed by atoms with Crippen LogP contribution < -0.4 is 5.32 Å². The predicted octanol–water partition coefficient (Wildman–Crippen LogP) is 2.35. The van der Waals surface area contributed by atoms with Crippen LogP contribution in [0.4, 0.5) is 0 Å². The van der Waals surface area contributed by atoms with E-state index in [4.69, 9.17) is 0 Å². The van der Waals surface area contributed by atoms with Gasteiger partial charge in [0.25, 0.3) is 0 Å². The van der Waals surface area contributed by atoms with Gasteiger partial charge in [0.15, 0.2) is 9.84 Å². The maximum atomic E-state index is 12.0. The van der Waals surface area contributed by atoms with Gasteiger partial charge in [0.05, 0.1) is 5.25 Å². The molecule has 1 aromatic carbocycles. The van der Waals surface area contributed by atoms with Gasteiger partial charge in [-0.1, -0.05) is 37.3 Å². The molecule has 4 heteroatoms. The summed E-state index contributed by atoms with van der Waals surface area (Å²) in [7, 11) is -3.00. The molecule has 3 atom stereocenters. The summed E-state index contributed by atoms with van der Waals surface area (Å²) < 4.78 is 24.0. The first-order valence-electron chi connectivity index (χ1n) is 6.99. The van der Waals surface area contributed by atoms with Crippen LogP contribution in [0.1, 0.15) is 37.7 Å².